The first-order valence-corrected chi connectivity index (χ1v) is 7.46. The minimum Gasteiger partial charge on any atom is -0.303 e. The average molecular weight is 426 g/mol. The summed E-state index contributed by atoms with van der Waals surface area (Å²) < 4.78 is 39.3. The number of nitrogens with zero attached hydrogens (tertiary/aromatic N) is 4. The molecule has 0 aliphatic carbocycles. The standard InChI is InChI=1S/C13H8Cl2F3N5O4/c1-27-22(10(24)4-19)12-9(23(25)26)5-20-21(12)11-7(14)2-6(3-8(11)15)13(16,17)18/h2-5,19H,1H3. The number of hydrogen-bond acceptors (Lipinski definition) is 6. The number of amides is 1. The second-order valence-corrected chi connectivity index (χ2v) is 5.58. The van der Waals surface area contributed by atoms with Crippen LogP contribution in [0.25, 0.3) is 5.69 Å². The summed E-state index contributed by atoms with van der Waals surface area (Å²) >= 11 is 11.8. The second kappa shape index (κ2) is 7.50. The minimum atomic E-state index is -4.74. The van der Waals surface area contributed by atoms with E-state index in [1.165, 1.54) is 0 Å². The molecule has 1 aromatic carbocycles. The van der Waals surface area contributed by atoms with Crippen molar-refractivity contribution < 1.29 is 27.7 Å². The van der Waals surface area contributed by atoms with E-state index in [2.05, 4.69) is 5.10 Å². The number of benzene rings is 1. The van der Waals surface area contributed by atoms with Gasteiger partial charge in [0.2, 0.25) is 5.82 Å². The highest BCUT2D eigenvalue weighted by molar-refractivity contribution is 6.38. The lowest BCUT2D eigenvalue weighted by Gasteiger charge is -2.19. The summed E-state index contributed by atoms with van der Waals surface area (Å²) in [5.41, 5.74) is -2.24. The number of anilines is 1. The van der Waals surface area contributed by atoms with Crippen LogP contribution in [-0.4, -0.2) is 33.9 Å². The minimum absolute atomic E-state index is 0.306. The number of carbonyl (C=O) groups is 1. The molecule has 0 saturated carbocycles. The Bertz CT molecular complexity index is 908. The van der Waals surface area contributed by atoms with Gasteiger partial charge in [0.1, 0.15) is 11.9 Å². The van der Waals surface area contributed by atoms with Crippen molar-refractivity contribution in [2.45, 2.75) is 6.18 Å². The van der Waals surface area contributed by atoms with E-state index < -0.39 is 44.1 Å². The number of hydroxylamine groups is 1. The molecule has 1 N–H and O–H groups in total. The number of nitrogens with one attached hydrogen (secondary N) is 1. The Kier molecular flexibility index (Phi) is 5.73. The molecule has 1 heterocycles. The van der Waals surface area contributed by atoms with Crippen molar-refractivity contribution in [2.75, 3.05) is 12.2 Å². The van der Waals surface area contributed by atoms with Crippen molar-refractivity contribution in [3.05, 3.63) is 44.1 Å². The fourth-order valence-corrected chi connectivity index (χ4v) is 2.73. The van der Waals surface area contributed by atoms with Gasteiger partial charge in [0.25, 0.3) is 5.91 Å². The maximum atomic E-state index is 12.9. The van der Waals surface area contributed by atoms with Crippen LogP contribution >= 0.6 is 23.2 Å². The van der Waals surface area contributed by atoms with Crippen LogP contribution in [0.5, 0.6) is 0 Å². The zero-order chi connectivity index (χ0) is 20.5. The van der Waals surface area contributed by atoms with Crippen molar-refractivity contribution in [1.82, 2.24) is 9.78 Å². The number of rotatable bonds is 5. The van der Waals surface area contributed by atoms with Crippen molar-refractivity contribution >= 4 is 46.8 Å². The fourth-order valence-electron chi connectivity index (χ4n) is 2.09. The van der Waals surface area contributed by atoms with Crippen LogP contribution in [0.4, 0.5) is 24.7 Å². The third-order valence-electron chi connectivity index (χ3n) is 3.18. The molecule has 2 aromatic rings. The molecule has 0 aliphatic heterocycles. The normalized spacial score (nSPS) is 11.3. The summed E-state index contributed by atoms with van der Waals surface area (Å²) in [6, 6.07) is 1.10. The Labute approximate surface area is 158 Å². The highest BCUT2D eigenvalue weighted by Crippen LogP contribution is 2.40. The molecular formula is C13H8Cl2F3N5O4. The molecule has 27 heavy (non-hydrogen) atoms. The molecule has 0 bridgehead atoms. The summed E-state index contributed by atoms with van der Waals surface area (Å²) in [7, 11) is 0.985. The predicted molar refractivity (Wildman–Crippen MR) is 88.5 cm³/mol. The number of carbonyl (C=O) groups excluding carboxylic acids is 1. The smallest absolute Gasteiger partial charge is 0.303 e. The molecule has 9 nitrogen and oxygen atoms in total. The highest BCUT2D eigenvalue weighted by atomic mass is 35.5. The van der Waals surface area contributed by atoms with E-state index in [0.29, 0.717) is 28.1 Å². The molecule has 14 heteroatoms. The molecule has 0 radical (unpaired) electrons. The number of aromatic nitrogens is 2. The first kappa shape index (κ1) is 20.6. The second-order valence-electron chi connectivity index (χ2n) is 4.77. The van der Waals surface area contributed by atoms with Gasteiger partial charge in [-0.2, -0.15) is 23.3 Å². The van der Waals surface area contributed by atoms with Crippen LogP contribution in [0.15, 0.2) is 18.3 Å². The topological polar surface area (TPSA) is 114 Å². The van der Waals surface area contributed by atoms with Crippen molar-refractivity contribution in [1.29, 1.82) is 5.41 Å². The highest BCUT2D eigenvalue weighted by Gasteiger charge is 2.35. The molecule has 0 spiro atoms. The van der Waals surface area contributed by atoms with E-state index >= 15 is 0 Å². The molecule has 144 valence electrons. The summed E-state index contributed by atoms with van der Waals surface area (Å²) in [6.45, 7) is 0. The zero-order valence-corrected chi connectivity index (χ0v) is 14.6. The lowest BCUT2D eigenvalue weighted by Crippen LogP contribution is -2.32. The first-order chi connectivity index (χ1) is 12.5. The summed E-state index contributed by atoms with van der Waals surface area (Å²) in [5, 5.41) is 21.2. The number of alkyl halides is 3. The van der Waals surface area contributed by atoms with Gasteiger partial charge in [-0.15, -0.1) is 0 Å². The third-order valence-corrected chi connectivity index (χ3v) is 3.75. The van der Waals surface area contributed by atoms with Gasteiger partial charge in [0, 0.05) is 0 Å². The number of halogens is 5. The molecular weight excluding hydrogens is 418 g/mol. The van der Waals surface area contributed by atoms with Crippen LogP contribution in [0, 0.1) is 15.5 Å². The Balaban J connectivity index is 2.79. The van der Waals surface area contributed by atoms with Gasteiger partial charge in [-0.05, 0) is 12.1 Å². The lowest BCUT2D eigenvalue weighted by atomic mass is 10.2. The van der Waals surface area contributed by atoms with Crippen LogP contribution in [0.2, 0.25) is 10.0 Å². The largest absolute Gasteiger partial charge is 0.416 e. The van der Waals surface area contributed by atoms with Gasteiger partial charge < -0.3 is 5.41 Å². The average Bonchev–Trinajstić information content (AvgIpc) is 2.98. The predicted octanol–water partition coefficient (Wildman–Crippen LogP) is 3.65. The van der Waals surface area contributed by atoms with Gasteiger partial charge in [0.05, 0.1) is 33.9 Å². The maximum absolute atomic E-state index is 12.9. The van der Waals surface area contributed by atoms with Crippen LogP contribution in [0.1, 0.15) is 5.56 Å². The van der Waals surface area contributed by atoms with Crippen molar-refractivity contribution in [3.63, 3.8) is 0 Å². The summed E-state index contributed by atoms with van der Waals surface area (Å²) in [5.74, 6) is -1.74. The molecule has 0 saturated heterocycles. The van der Waals surface area contributed by atoms with Crippen LogP contribution in [0.3, 0.4) is 0 Å². The van der Waals surface area contributed by atoms with E-state index in [9.17, 15) is 28.1 Å². The Morgan fingerprint density at radius 3 is 2.37 bits per heavy atom. The summed E-state index contributed by atoms with van der Waals surface area (Å²) in [6.07, 6.45) is -3.71. The van der Waals surface area contributed by atoms with E-state index in [-0.39, 0.29) is 5.69 Å². The van der Waals surface area contributed by atoms with Gasteiger partial charge in [-0.3, -0.25) is 19.7 Å². The lowest BCUT2D eigenvalue weighted by molar-refractivity contribution is -0.384. The van der Waals surface area contributed by atoms with Gasteiger partial charge in [-0.25, -0.2) is 4.68 Å². The van der Waals surface area contributed by atoms with Crippen LogP contribution < -0.4 is 5.06 Å². The fraction of sp³-hybridized carbons (Fsp3) is 0.154. The molecule has 0 atom stereocenters. The Hall–Kier alpha value is -2.70. The Morgan fingerprint density at radius 2 is 1.96 bits per heavy atom. The molecule has 1 amide bonds. The maximum Gasteiger partial charge on any atom is 0.416 e. The summed E-state index contributed by atoms with van der Waals surface area (Å²) in [4.78, 5) is 26.9. The van der Waals surface area contributed by atoms with Gasteiger partial charge in [0.15, 0.2) is 0 Å². The van der Waals surface area contributed by atoms with E-state index in [1.807, 2.05) is 0 Å². The zero-order valence-electron chi connectivity index (χ0n) is 13.1. The quantitative estimate of drug-likeness (QED) is 0.446. The van der Waals surface area contributed by atoms with Crippen molar-refractivity contribution in [3.8, 4) is 5.69 Å². The third kappa shape index (κ3) is 3.86. The molecule has 0 unspecified atom stereocenters. The molecule has 0 fully saturated rings. The van der Waals surface area contributed by atoms with E-state index in [0.717, 1.165) is 13.3 Å². The molecule has 1 aromatic heterocycles. The van der Waals surface area contributed by atoms with Gasteiger partial charge in [-0.1, -0.05) is 23.2 Å². The monoisotopic (exact) mass is 425 g/mol. The molecule has 2 rings (SSSR count). The van der Waals surface area contributed by atoms with Crippen molar-refractivity contribution in [2.24, 2.45) is 0 Å². The number of nitro groups is 1. The number of hydrogen-bond donors (Lipinski definition) is 1. The molecule has 0 aliphatic rings. The first-order valence-electron chi connectivity index (χ1n) is 6.70. The van der Waals surface area contributed by atoms with E-state index in [4.69, 9.17) is 33.4 Å². The van der Waals surface area contributed by atoms with Gasteiger partial charge >= 0.3 is 11.9 Å². The van der Waals surface area contributed by atoms with E-state index in [1.54, 1.807) is 0 Å². The van der Waals surface area contributed by atoms with Crippen LogP contribution in [-0.2, 0) is 15.8 Å². The Morgan fingerprint density at radius 1 is 1.41 bits per heavy atom. The SMILES string of the molecule is CON(C(=O)C=N)c1c([N+](=O)[O-])cnn1-c1c(Cl)cc(C(F)(F)F)cc1Cl.